The Bertz CT molecular complexity index is 887. The maximum absolute atomic E-state index is 13.3. The minimum atomic E-state index is -0.548. The number of ether oxygens (including phenoxy) is 1. The molecule has 0 bridgehead atoms. The fourth-order valence-electron chi connectivity index (χ4n) is 3.10. The molecule has 2 aromatic rings. The van der Waals surface area contributed by atoms with Crippen LogP contribution in [0.3, 0.4) is 0 Å². The van der Waals surface area contributed by atoms with Crippen LogP contribution < -0.4 is 14.8 Å². The van der Waals surface area contributed by atoms with E-state index in [2.05, 4.69) is 10.0 Å². The summed E-state index contributed by atoms with van der Waals surface area (Å²) < 4.78 is 24.1. The average Bonchev–Trinajstić information content (AvgIpc) is 3.44. The normalized spacial score (nSPS) is 20.4. The average molecular weight is 412 g/mol. The van der Waals surface area contributed by atoms with Gasteiger partial charge in [0.25, 0.3) is 5.91 Å². The molecule has 2 atom stereocenters. The first-order valence-electron chi connectivity index (χ1n) is 8.63. The maximum atomic E-state index is 13.3. The summed E-state index contributed by atoms with van der Waals surface area (Å²) in [6.45, 7) is 0.268. The van der Waals surface area contributed by atoms with Crippen LogP contribution in [0.5, 0.6) is 5.75 Å². The number of hydrogen-bond acceptors (Lipinski definition) is 5. The Morgan fingerprint density at radius 2 is 2.30 bits per heavy atom. The lowest BCUT2D eigenvalue weighted by molar-refractivity contribution is 0.0906. The number of fused-ring (bicyclic) bond motifs is 1. The smallest absolute Gasteiger partial charge is 0.276 e. The molecule has 4 rings (SSSR count). The number of nitrogens with zero attached hydrogens (tertiary/aromatic N) is 1. The van der Waals surface area contributed by atoms with Gasteiger partial charge >= 0.3 is 0 Å². The van der Waals surface area contributed by atoms with Gasteiger partial charge in [0, 0.05) is 18.9 Å². The molecule has 0 saturated heterocycles. The van der Waals surface area contributed by atoms with Gasteiger partial charge in [-0.05, 0) is 48.9 Å². The second-order valence-electron chi connectivity index (χ2n) is 6.83. The molecule has 3 N–H and O–H groups in total. The summed E-state index contributed by atoms with van der Waals surface area (Å²) in [5.41, 5.74) is 0.740. The summed E-state index contributed by atoms with van der Waals surface area (Å²) in [5.74, 6) is -0.149. The monoisotopic (exact) mass is 411 g/mol. The summed E-state index contributed by atoms with van der Waals surface area (Å²) in [7, 11) is 1.75. The van der Waals surface area contributed by atoms with E-state index in [-0.39, 0.29) is 23.6 Å². The molecule has 1 saturated carbocycles. The lowest BCUT2D eigenvalue weighted by atomic mass is 10.1. The number of anilines is 1. The topological polar surface area (TPSA) is 75.5 Å². The predicted octanol–water partition coefficient (Wildman–Crippen LogP) is 3.20. The van der Waals surface area contributed by atoms with Crippen LogP contribution >= 0.6 is 23.5 Å². The number of carbonyl (C=O) groups excluding carboxylic acids is 1. The SMILES string of the molecule is Cn1cc2c(c1C(=O)Nc1ccc(F)c(Cl)c1)OCC(C(O)C1CC1)NS2. The second kappa shape index (κ2) is 7.35. The van der Waals surface area contributed by atoms with Crippen LogP contribution in [-0.4, -0.2) is 34.3 Å². The third-order valence-corrected chi connectivity index (χ3v) is 5.96. The third kappa shape index (κ3) is 3.80. The van der Waals surface area contributed by atoms with Gasteiger partial charge in [-0.15, -0.1) is 0 Å². The van der Waals surface area contributed by atoms with E-state index in [1.54, 1.807) is 17.8 Å². The van der Waals surface area contributed by atoms with Gasteiger partial charge in [-0.3, -0.25) is 9.52 Å². The summed E-state index contributed by atoms with van der Waals surface area (Å²) in [4.78, 5) is 13.6. The number of carbonyl (C=O) groups is 1. The summed E-state index contributed by atoms with van der Waals surface area (Å²) in [6, 6.07) is 3.80. The van der Waals surface area contributed by atoms with Crippen molar-refractivity contribution in [3.8, 4) is 5.75 Å². The Balaban J connectivity index is 1.53. The highest BCUT2D eigenvalue weighted by Gasteiger charge is 2.37. The van der Waals surface area contributed by atoms with E-state index >= 15 is 0 Å². The first kappa shape index (κ1) is 18.6. The minimum Gasteiger partial charge on any atom is -0.488 e. The largest absolute Gasteiger partial charge is 0.488 e. The Labute approximate surface area is 165 Å². The number of aliphatic hydroxyl groups excluding tert-OH is 1. The van der Waals surface area contributed by atoms with Crippen LogP contribution in [-0.2, 0) is 7.05 Å². The van der Waals surface area contributed by atoms with E-state index in [1.807, 2.05) is 0 Å². The van der Waals surface area contributed by atoms with Gasteiger partial charge in [0.15, 0.2) is 11.4 Å². The molecule has 1 aliphatic heterocycles. The number of nitrogens with one attached hydrogen (secondary N) is 2. The fourth-order valence-corrected chi connectivity index (χ4v) is 4.22. The Kier molecular flexibility index (Phi) is 5.07. The molecule has 2 heterocycles. The van der Waals surface area contributed by atoms with Crippen LogP contribution in [0.4, 0.5) is 10.1 Å². The first-order chi connectivity index (χ1) is 12.9. The van der Waals surface area contributed by atoms with Gasteiger partial charge in [-0.1, -0.05) is 11.6 Å². The Hall–Kier alpha value is -1.74. The molecule has 27 heavy (non-hydrogen) atoms. The number of aromatic nitrogens is 1. The zero-order valence-corrected chi connectivity index (χ0v) is 16.1. The zero-order valence-electron chi connectivity index (χ0n) is 14.5. The van der Waals surface area contributed by atoms with Crippen molar-refractivity contribution in [3.63, 3.8) is 0 Å². The van der Waals surface area contributed by atoms with Crippen LogP contribution in [0, 0.1) is 11.7 Å². The molecule has 144 valence electrons. The lowest BCUT2D eigenvalue weighted by Gasteiger charge is -2.21. The molecule has 2 aliphatic rings. The Morgan fingerprint density at radius 3 is 3.00 bits per heavy atom. The number of aliphatic hydroxyl groups is 1. The van der Waals surface area contributed by atoms with Crippen LogP contribution in [0.1, 0.15) is 23.3 Å². The van der Waals surface area contributed by atoms with Crippen molar-refractivity contribution >= 4 is 35.1 Å². The number of benzene rings is 1. The van der Waals surface area contributed by atoms with Crippen LogP contribution in [0.2, 0.25) is 5.02 Å². The number of hydrogen-bond donors (Lipinski definition) is 3. The summed E-state index contributed by atoms with van der Waals surface area (Å²) >= 11 is 7.12. The van der Waals surface area contributed by atoms with Crippen LogP contribution in [0.25, 0.3) is 0 Å². The van der Waals surface area contributed by atoms with E-state index in [9.17, 15) is 14.3 Å². The van der Waals surface area contributed by atoms with Crippen molar-refractivity contribution in [1.29, 1.82) is 0 Å². The van der Waals surface area contributed by atoms with Crippen LogP contribution in [0.15, 0.2) is 29.3 Å². The van der Waals surface area contributed by atoms with Crippen molar-refractivity contribution in [2.45, 2.75) is 29.9 Å². The molecular weight excluding hydrogens is 393 g/mol. The van der Waals surface area contributed by atoms with Gasteiger partial charge in [0.1, 0.15) is 12.4 Å². The van der Waals surface area contributed by atoms with Crippen molar-refractivity contribution < 1.29 is 19.0 Å². The Morgan fingerprint density at radius 1 is 1.52 bits per heavy atom. The van der Waals surface area contributed by atoms with E-state index < -0.39 is 11.9 Å². The number of rotatable bonds is 4. The van der Waals surface area contributed by atoms with Gasteiger partial charge in [0.05, 0.1) is 22.1 Å². The summed E-state index contributed by atoms with van der Waals surface area (Å²) in [6.07, 6.45) is 3.40. The maximum Gasteiger partial charge on any atom is 0.276 e. The lowest BCUT2D eigenvalue weighted by Crippen LogP contribution is -2.41. The molecule has 1 aliphatic carbocycles. The highest BCUT2D eigenvalue weighted by Crippen LogP contribution is 2.39. The quantitative estimate of drug-likeness (QED) is 0.674. The van der Waals surface area contributed by atoms with E-state index in [4.69, 9.17) is 16.3 Å². The molecule has 1 aromatic carbocycles. The molecule has 0 radical (unpaired) electrons. The van der Waals surface area contributed by atoms with Gasteiger partial charge in [-0.25, -0.2) is 4.39 Å². The van der Waals surface area contributed by atoms with Crippen molar-refractivity contribution in [2.24, 2.45) is 13.0 Å². The first-order valence-corrected chi connectivity index (χ1v) is 9.82. The van der Waals surface area contributed by atoms with Crippen molar-refractivity contribution in [1.82, 2.24) is 9.29 Å². The molecule has 6 nitrogen and oxygen atoms in total. The predicted molar refractivity (Wildman–Crippen MR) is 102 cm³/mol. The standard InChI is InChI=1S/C18H19ClFN3O3S/c1-23-7-14-17(26-8-13(22-27-14)16(24)9-2-3-9)15(23)18(25)21-10-4-5-12(20)11(19)6-10/h4-7,9,13,16,22,24H,2-3,8H2,1H3,(H,21,25). The van der Waals surface area contributed by atoms with E-state index in [0.29, 0.717) is 23.0 Å². The second-order valence-corrected chi connectivity index (χ2v) is 8.12. The highest BCUT2D eigenvalue weighted by molar-refractivity contribution is 7.97. The molecule has 1 amide bonds. The number of amides is 1. The fraction of sp³-hybridized carbons (Fsp3) is 0.389. The molecule has 0 spiro atoms. The van der Waals surface area contributed by atoms with Gasteiger partial charge in [0.2, 0.25) is 0 Å². The molecule has 2 unspecified atom stereocenters. The highest BCUT2D eigenvalue weighted by atomic mass is 35.5. The molecule has 1 fully saturated rings. The number of halogens is 2. The molecular formula is C18H19ClFN3O3S. The zero-order chi connectivity index (χ0) is 19.1. The summed E-state index contributed by atoms with van der Waals surface area (Å²) in [5, 5.41) is 13.0. The minimum absolute atomic E-state index is 0.0635. The van der Waals surface area contributed by atoms with Crippen molar-refractivity contribution in [3.05, 3.63) is 40.9 Å². The van der Waals surface area contributed by atoms with Crippen molar-refractivity contribution in [2.75, 3.05) is 11.9 Å². The third-order valence-electron chi connectivity index (χ3n) is 4.74. The van der Waals surface area contributed by atoms with Gasteiger partial charge in [-0.2, -0.15) is 0 Å². The van der Waals surface area contributed by atoms with E-state index in [0.717, 1.165) is 17.7 Å². The molecule has 9 heteroatoms. The molecule has 1 aromatic heterocycles. The van der Waals surface area contributed by atoms with Gasteiger partial charge < -0.3 is 19.7 Å². The van der Waals surface area contributed by atoms with E-state index in [1.165, 1.54) is 30.1 Å². The number of aryl methyl sites for hydroxylation is 1.